The van der Waals surface area contributed by atoms with E-state index in [1.165, 1.54) is 0 Å². The Morgan fingerprint density at radius 3 is 2.79 bits per heavy atom. The first-order valence-corrected chi connectivity index (χ1v) is 10.9. The molecule has 1 fully saturated rings. The molecule has 1 saturated heterocycles. The number of hydrogen-bond acceptors (Lipinski definition) is 5. The van der Waals surface area contributed by atoms with Crippen molar-refractivity contribution in [1.82, 2.24) is 24.8 Å². The van der Waals surface area contributed by atoms with Crippen molar-refractivity contribution in [2.75, 3.05) is 18.4 Å². The molecule has 7 nitrogen and oxygen atoms in total. The van der Waals surface area contributed by atoms with E-state index in [-0.39, 0.29) is 17.7 Å². The molecule has 3 aromatic heterocycles. The minimum absolute atomic E-state index is 0.0630. The molecule has 174 valence electrons. The second kappa shape index (κ2) is 8.50. The van der Waals surface area contributed by atoms with Crippen molar-refractivity contribution >= 4 is 16.9 Å². The number of alkyl halides is 3. The molecule has 10 heteroatoms. The summed E-state index contributed by atoms with van der Waals surface area (Å²) in [6, 6.07) is 9.43. The van der Waals surface area contributed by atoms with Gasteiger partial charge in [0, 0.05) is 60.3 Å². The number of rotatable bonds is 4. The minimum Gasteiger partial charge on any atom is -0.360 e. The van der Waals surface area contributed by atoms with Crippen molar-refractivity contribution in [3.05, 3.63) is 54.1 Å². The highest BCUT2D eigenvalue weighted by Gasteiger charge is 2.36. The van der Waals surface area contributed by atoms with E-state index >= 15 is 0 Å². The number of fused-ring (bicyclic) bond motifs is 1. The van der Waals surface area contributed by atoms with Crippen molar-refractivity contribution in [1.29, 1.82) is 5.26 Å². The zero-order chi connectivity index (χ0) is 23.9. The van der Waals surface area contributed by atoms with Gasteiger partial charge in [-0.05, 0) is 37.1 Å². The molecule has 1 atom stereocenters. The molecule has 5 rings (SSSR count). The topological polar surface area (TPSA) is 94.3 Å². The number of H-pyrrole nitrogens is 1. The number of nitriles is 1. The molecule has 1 aromatic carbocycles. The van der Waals surface area contributed by atoms with Crippen LogP contribution in [0.4, 0.5) is 19.1 Å². The Hall–Kier alpha value is -3.84. The Balaban J connectivity index is 1.56. The Labute approximate surface area is 193 Å². The molecule has 3 N–H and O–H groups in total. The van der Waals surface area contributed by atoms with E-state index < -0.39 is 11.7 Å². The van der Waals surface area contributed by atoms with Crippen LogP contribution in [0.25, 0.3) is 33.3 Å². The molecule has 4 heterocycles. The first-order chi connectivity index (χ1) is 16.3. The first-order valence-electron chi connectivity index (χ1n) is 10.9. The summed E-state index contributed by atoms with van der Waals surface area (Å²) in [5.74, 6) is 0.177. The SMILES string of the molecule is Cn1cc(-c2ccc3c(-c4nc(N[C@H]5CCCNC5)ncc4C(F)(F)F)c[nH]c3c2)cc1C#N. The summed E-state index contributed by atoms with van der Waals surface area (Å²) in [4.78, 5) is 11.3. The summed E-state index contributed by atoms with van der Waals surface area (Å²) in [7, 11) is 1.79. The fourth-order valence-corrected chi connectivity index (χ4v) is 4.36. The Bertz CT molecular complexity index is 1390. The van der Waals surface area contributed by atoms with Gasteiger partial charge in [0.2, 0.25) is 5.95 Å². The van der Waals surface area contributed by atoms with Crippen LogP contribution in [0.3, 0.4) is 0 Å². The quantitative estimate of drug-likeness (QED) is 0.407. The molecule has 0 radical (unpaired) electrons. The number of nitrogens with zero attached hydrogens (tertiary/aromatic N) is 4. The van der Waals surface area contributed by atoms with Crippen molar-refractivity contribution in [3.8, 4) is 28.5 Å². The van der Waals surface area contributed by atoms with Crippen LogP contribution in [0.1, 0.15) is 24.1 Å². The maximum atomic E-state index is 13.8. The highest BCUT2D eigenvalue weighted by atomic mass is 19.4. The summed E-state index contributed by atoms with van der Waals surface area (Å²) in [5.41, 5.74) is 2.20. The lowest BCUT2D eigenvalue weighted by molar-refractivity contribution is -0.137. The van der Waals surface area contributed by atoms with Crippen LogP contribution in [-0.4, -0.2) is 38.7 Å². The number of benzene rings is 1. The van der Waals surface area contributed by atoms with Gasteiger partial charge >= 0.3 is 6.18 Å². The van der Waals surface area contributed by atoms with Gasteiger partial charge in [-0.3, -0.25) is 0 Å². The fraction of sp³-hybridized carbons (Fsp3) is 0.292. The molecular formula is C24H22F3N7. The van der Waals surface area contributed by atoms with Crippen LogP contribution < -0.4 is 10.6 Å². The van der Waals surface area contributed by atoms with Gasteiger partial charge in [0.05, 0.1) is 5.69 Å². The van der Waals surface area contributed by atoms with Crippen molar-refractivity contribution < 1.29 is 13.2 Å². The zero-order valence-corrected chi connectivity index (χ0v) is 18.4. The third-order valence-electron chi connectivity index (χ3n) is 6.11. The molecule has 0 spiro atoms. The van der Waals surface area contributed by atoms with Gasteiger partial charge < -0.3 is 20.2 Å². The van der Waals surface area contributed by atoms with Crippen molar-refractivity contribution in [3.63, 3.8) is 0 Å². The van der Waals surface area contributed by atoms with Gasteiger partial charge in [-0.1, -0.05) is 12.1 Å². The van der Waals surface area contributed by atoms with Crippen LogP contribution >= 0.6 is 0 Å². The summed E-state index contributed by atoms with van der Waals surface area (Å²) >= 11 is 0. The second-order valence-electron chi connectivity index (χ2n) is 8.44. The predicted octanol–water partition coefficient (Wildman–Crippen LogP) is 4.68. The molecule has 1 aliphatic heterocycles. The second-order valence-corrected chi connectivity index (χ2v) is 8.44. The summed E-state index contributed by atoms with van der Waals surface area (Å²) in [6.45, 7) is 1.64. The molecule has 0 bridgehead atoms. The van der Waals surface area contributed by atoms with Gasteiger partial charge in [0.15, 0.2) is 0 Å². The van der Waals surface area contributed by atoms with E-state index in [0.29, 0.717) is 28.7 Å². The van der Waals surface area contributed by atoms with Gasteiger partial charge in [0.25, 0.3) is 0 Å². The normalized spacial score (nSPS) is 16.5. The molecule has 1 aliphatic rings. The van der Waals surface area contributed by atoms with E-state index in [1.54, 1.807) is 29.9 Å². The number of aryl methyl sites for hydroxylation is 1. The third-order valence-corrected chi connectivity index (χ3v) is 6.11. The average Bonchev–Trinajstić information content (AvgIpc) is 3.41. The molecule has 0 aliphatic carbocycles. The Morgan fingerprint density at radius 2 is 2.09 bits per heavy atom. The van der Waals surface area contributed by atoms with E-state index in [2.05, 4.69) is 31.7 Å². The zero-order valence-electron chi connectivity index (χ0n) is 18.4. The highest BCUT2D eigenvalue weighted by molar-refractivity contribution is 5.97. The molecular weight excluding hydrogens is 443 g/mol. The third kappa shape index (κ3) is 4.10. The number of piperidine rings is 1. The lowest BCUT2D eigenvalue weighted by Crippen LogP contribution is -2.38. The minimum atomic E-state index is -4.60. The average molecular weight is 465 g/mol. The number of anilines is 1. The number of hydrogen-bond donors (Lipinski definition) is 3. The van der Waals surface area contributed by atoms with Gasteiger partial charge in [-0.2, -0.15) is 18.4 Å². The molecule has 34 heavy (non-hydrogen) atoms. The molecule has 4 aromatic rings. The largest absolute Gasteiger partial charge is 0.419 e. The highest BCUT2D eigenvalue weighted by Crippen LogP contribution is 2.39. The van der Waals surface area contributed by atoms with E-state index in [1.807, 2.05) is 18.3 Å². The summed E-state index contributed by atoms with van der Waals surface area (Å²) in [5, 5.41) is 16.3. The fourth-order valence-electron chi connectivity index (χ4n) is 4.36. The predicted molar refractivity (Wildman–Crippen MR) is 123 cm³/mol. The lowest BCUT2D eigenvalue weighted by Gasteiger charge is -2.24. The number of aromatic amines is 1. The lowest BCUT2D eigenvalue weighted by atomic mass is 10.0. The van der Waals surface area contributed by atoms with E-state index in [0.717, 1.165) is 36.7 Å². The Morgan fingerprint density at radius 1 is 1.24 bits per heavy atom. The molecule has 0 saturated carbocycles. The Kier molecular flexibility index (Phi) is 5.49. The van der Waals surface area contributed by atoms with Crippen LogP contribution in [0.5, 0.6) is 0 Å². The van der Waals surface area contributed by atoms with Crippen molar-refractivity contribution in [2.24, 2.45) is 7.05 Å². The maximum Gasteiger partial charge on any atom is 0.419 e. The van der Waals surface area contributed by atoms with Crippen LogP contribution in [0, 0.1) is 11.3 Å². The van der Waals surface area contributed by atoms with E-state index in [4.69, 9.17) is 0 Å². The maximum absolute atomic E-state index is 13.8. The standard InChI is InChI=1S/C24H22F3N7/c1-34-13-15(7-17(34)9-28)14-4-5-18-19(11-30-21(18)8-14)22-20(24(25,26)27)12-31-23(33-22)32-16-3-2-6-29-10-16/h4-5,7-8,11-13,16,29-30H,2-3,6,10H2,1H3,(H,31,32,33)/t16-/m0/s1. The molecule has 0 unspecified atom stereocenters. The van der Waals surface area contributed by atoms with Gasteiger partial charge in [-0.25, -0.2) is 9.97 Å². The smallest absolute Gasteiger partial charge is 0.360 e. The summed E-state index contributed by atoms with van der Waals surface area (Å²) < 4.78 is 43.3. The van der Waals surface area contributed by atoms with Gasteiger partial charge in [0.1, 0.15) is 17.3 Å². The van der Waals surface area contributed by atoms with Crippen LogP contribution in [0.2, 0.25) is 0 Å². The number of nitrogens with one attached hydrogen (secondary N) is 3. The van der Waals surface area contributed by atoms with Crippen LogP contribution in [-0.2, 0) is 13.2 Å². The summed E-state index contributed by atoms with van der Waals surface area (Å²) in [6.07, 6.45) is 1.52. The number of aromatic nitrogens is 4. The first kappa shape index (κ1) is 22.0. The van der Waals surface area contributed by atoms with Crippen molar-refractivity contribution in [2.45, 2.75) is 25.1 Å². The van der Waals surface area contributed by atoms with E-state index in [9.17, 15) is 18.4 Å². The number of halogens is 3. The van der Waals surface area contributed by atoms with Crippen LogP contribution in [0.15, 0.2) is 42.9 Å². The molecule has 0 amide bonds. The monoisotopic (exact) mass is 465 g/mol. The van der Waals surface area contributed by atoms with Gasteiger partial charge in [-0.15, -0.1) is 0 Å².